The molecule has 0 bridgehead atoms. The van der Waals surface area contributed by atoms with Gasteiger partial charge in [0.2, 0.25) is 0 Å². The van der Waals surface area contributed by atoms with E-state index in [-0.39, 0.29) is 23.6 Å². The van der Waals surface area contributed by atoms with E-state index in [1.54, 1.807) is 66.7 Å². The van der Waals surface area contributed by atoms with Crippen LogP contribution in [0.2, 0.25) is 0 Å². The van der Waals surface area contributed by atoms with E-state index in [0.717, 1.165) is 0 Å². The molecule has 1 N–H and O–H groups in total. The van der Waals surface area contributed by atoms with Crippen LogP contribution < -0.4 is 5.32 Å². The maximum Gasteiger partial charge on any atom is 0.340 e. The maximum absolute atomic E-state index is 13.6. The monoisotopic (exact) mass is 349 g/mol. The van der Waals surface area contributed by atoms with Crippen molar-refractivity contribution >= 4 is 17.6 Å². The van der Waals surface area contributed by atoms with Crippen LogP contribution in [0.15, 0.2) is 78.9 Å². The molecule has 3 aromatic rings. The van der Waals surface area contributed by atoms with Crippen molar-refractivity contribution in [3.8, 4) is 0 Å². The van der Waals surface area contributed by atoms with Crippen molar-refractivity contribution in [2.24, 2.45) is 0 Å². The van der Waals surface area contributed by atoms with E-state index in [1.807, 2.05) is 6.07 Å². The Kier molecular flexibility index (Phi) is 5.39. The van der Waals surface area contributed by atoms with Gasteiger partial charge in [0.1, 0.15) is 12.4 Å². The molecule has 26 heavy (non-hydrogen) atoms. The summed E-state index contributed by atoms with van der Waals surface area (Å²) in [6, 6.07) is 21.3. The average molecular weight is 349 g/mol. The predicted molar refractivity (Wildman–Crippen MR) is 96.4 cm³/mol. The van der Waals surface area contributed by atoms with Gasteiger partial charge in [0.05, 0.1) is 11.3 Å². The van der Waals surface area contributed by atoms with Crippen LogP contribution in [-0.4, -0.2) is 11.9 Å². The molecule has 0 saturated carbocycles. The van der Waals surface area contributed by atoms with Crippen molar-refractivity contribution in [1.82, 2.24) is 0 Å². The number of esters is 1. The van der Waals surface area contributed by atoms with Gasteiger partial charge in [-0.25, -0.2) is 9.18 Å². The summed E-state index contributed by atoms with van der Waals surface area (Å²) in [4.78, 5) is 24.7. The molecule has 0 saturated heterocycles. The van der Waals surface area contributed by atoms with Gasteiger partial charge in [0.25, 0.3) is 5.91 Å². The van der Waals surface area contributed by atoms with E-state index in [0.29, 0.717) is 11.3 Å². The van der Waals surface area contributed by atoms with E-state index >= 15 is 0 Å². The zero-order valence-electron chi connectivity index (χ0n) is 13.8. The SMILES string of the molecule is O=C(Nc1ccccc1C(=O)OCc1ccccc1F)c1ccccc1. The summed E-state index contributed by atoms with van der Waals surface area (Å²) in [5.41, 5.74) is 1.29. The molecule has 4 nitrogen and oxygen atoms in total. The molecule has 0 aliphatic heterocycles. The smallest absolute Gasteiger partial charge is 0.340 e. The molecule has 0 aliphatic carbocycles. The lowest BCUT2D eigenvalue weighted by atomic mass is 10.1. The van der Waals surface area contributed by atoms with Crippen molar-refractivity contribution in [3.05, 3.63) is 101 Å². The summed E-state index contributed by atoms with van der Waals surface area (Å²) < 4.78 is 18.8. The first-order valence-electron chi connectivity index (χ1n) is 8.01. The van der Waals surface area contributed by atoms with E-state index in [2.05, 4.69) is 5.32 Å². The standard InChI is InChI=1S/C21H16FNO3/c22-18-12-6-4-10-16(18)14-26-21(25)17-11-5-7-13-19(17)23-20(24)15-8-2-1-3-9-15/h1-13H,14H2,(H,23,24). The van der Waals surface area contributed by atoms with Crippen LogP contribution in [0, 0.1) is 5.82 Å². The summed E-state index contributed by atoms with van der Waals surface area (Å²) in [5, 5.41) is 2.70. The highest BCUT2D eigenvalue weighted by Gasteiger charge is 2.15. The minimum atomic E-state index is -0.641. The van der Waals surface area contributed by atoms with Crippen LogP contribution >= 0.6 is 0 Å². The number of carbonyl (C=O) groups excluding carboxylic acids is 2. The van der Waals surface area contributed by atoms with Gasteiger partial charge in [-0.15, -0.1) is 0 Å². The molecular weight excluding hydrogens is 333 g/mol. The average Bonchev–Trinajstić information content (AvgIpc) is 2.68. The number of benzene rings is 3. The van der Waals surface area contributed by atoms with Crippen LogP contribution in [0.25, 0.3) is 0 Å². The molecule has 3 aromatic carbocycles. The maximum atomic E-state index is 13.6. The summed E-state index contributed by atoms with van der Waals surface area (Å²) >= 11 is 0. The second-order valence-corrected chi connectivity index (χ2v) is 5.53. The number of anilines is 1. The molecule has 5 heteroatoms. The normalized spacial score (nSPS) is 10.2. The van der Waals surface area contributed by atoms with Gasteiger partial charge in [0.15, 0.2) is 0 Å². The number of ether oxygens (including phenoxy) is 1. The number of rotatable bonds is 5. The number of halogens is 1. The molecule has 1 amide bonds. The zero-order chi connectivity index (χ0) is 18.4. The highest BCUT2D eigenvalue weighted by Crippen LogP contribution is 2.18. The molecule has 3 rings (SSSR count). The largest absolute Gasteiger partial charge is 0.457 e. The van der Waals surface area contributed by atoms with Crippen molar-refractivity contribution in [1.29, 1.82) is 0 Å². The number of nitrogens with one attached hydrogen (secondary N) is 1. The van der Waals surface area contributed by atoms with Crippen LogP contribution in [0.4, 0.5) is 10.1 Å². The van der Waals surface area contributed by atoms with E-state index < -0.39 is 11.8 Å². The predicted octanol–water partition coefficient (Wildman–Crippen LogP) is 4.44. The summed E-state index contributed by atoms with van der Waals surface area (Å²) in [6.45, 7) is -0.188. The number of hydrogen-bond acceptors (Lipinski definition) is 3. The lowest BCUT2D eigenvalue weighted by Gasteiger charge is -2.11. The van der Waals surface area contributed by atoms with Gasteiger partial charge in [-0.1, -0.05) is 48.5 Å². The molecule has 0 radical (unpaired) electrons. The van der Waals surface area contributed by atoms with Gasteiger partial charge < -0.3 is 10.1 Å². The van der Waals surface area contributed by atoms with Crippen LogP contribution in [0.5, 0.6) is 0 Å². The van der Waals surface area contributed by atoms with Crippen LogP contribution in [0.3, 0.4) is 0 Å². The van der Waals surface area contributed by atoms with Gasteiger partial charge in [0, 0.05) is 11.1 Å². The second kappa shape index (κ2) is 8.07. The topological polar surface area (TPSA) is 55.4 Å². The molecule has 0 fully saturated rings. The Morgan fingerprint density at radius 1 is 0.846 bits per heavy atom. The minimum Gasteiger partial charge on any atom is -0.457 e. The number of hydrogen-bond donors (Lipinski definition) is 1. The summed E-state index contributed by atoms with van der Waals surface area (Å²) in [7, 11) is 0. The van der Waals surface area contributed by atoms with Crippen molar-refractivity contribution in [3.63, 3.8) is 0 Å². The first kappa shape index (κ1) is 17.4. The first-order chi connectivity index (χ1) is 12.6. The quantitative estimate of drug-likeness (QED) is 0.693. The fourth-order valence-electron chi connectivity index (χ4n) is 2.39. The second-order valence-electron chi connectivity index (χ2n) is 5.53. The van der Waals surface area contributed by atoms with Crippen molar-refractivity contribution in [2.45, 2.75) is 6.61 Å². The highest BCUT2D eigenvalue weighted by atomic mass is 19.1. The Bertz CT molecular complexity index is 925. The molecule has 0 heterocycles. The fourth-order valence-corrected chi connectivity index (χ4v) is 2.39. The third kappa shape index (κ3) is 4.13. The number of carbonyl (C=O) groups is 2. The van der Waals surface area contributed by atoms with Crippen molar-refractivity contribution < 1.29 is 18.7 Å². The Morgan fingerprint density at radius 2 is 1.50 bits per heavy atom. The Morgan fingerprint density at radius 3 is 2.27 bits per heavy atom. The Hall–Kier alpha value is -3.47. The lowest BCUT2D eigenvalue weighted by molar-refractivity contribution is 0.0470. The third-order valence-corrected chi connectivity index (χ3v) is 3.75. The first-order valence-corrected chi connectivity index (χ1v) is 8.01. The van der Waals surface area contributed by atoms with Gasteiger partial charge in [-0.3, -0.25) is 4.79 Å². The van der Waals surface area contributed by atoms with Crippen molar-refractivity contribution in [2.75, 3.05) is 5.32 Å². The molecule has 0 aromatic heterocycles. The fraction of sp³-hybridized carbons (Fsp3) is 0.0476. The third-order valence-electron chi connectivity index (χ3n) is 3.75. The Labute approximate surface area is 150 Å². The summed E-state index contributed by atoms with van der Waals surface area (Å²) in [6.07, 6.45) is 0. The number of para-hydroxylation sites is 1. The minimum absolute atomic E-state index is 0.188. The molecule has 0 atom stereocenters. The van der Waals surface area contributed by atoms with Gasteiger partial charge in [-0.05, 0) is 30.3 Å². The Balaban J connectivity index is 1.73. The van der Waals surface area contributed by atoms with Crippen LogP contribution in [-0.2, 0) is 11.3 Å². The molecule has 0 spiro atoms. The molecule has 0 unspecified atom stereocenters. The lowest BCUT2D eigenvalue weighted by Crippen LogP contribution is -2.16. The van der Waals surface area contributed by atoms with E-state index in [4.69, 9.17) is 4.74 Å². The zero-order valence-corrected chi connectivity index (χ0v) is 13.8. The summed E-state index contributed by atoms with van der Waals surface area (Å²) in [5.74, 6) is -1.41. The van der Waals surface area contributed by atoms with Gasteiger partial charge >= 0.3 is 5.97 Å². The van der Waals surface area contributed by atoms with E-state index in [9.17, 15) is 14.0 Å². The molecule has 0 aliphatic rings. The number of amides is 1. The molecule has 130 valence electrons. The molecular formula is C21H16FNO3. The van der Waals surface area contributed by atoms with Crippen LogP contribution in [0.1, 0.15) is 26.3 Å². The van der Waals surface area contributed by atoms with Gasteiger partial charge in [-0.2, -0.15) is 0 Å². The highest BCUT2D eigenvalue weighted by molar-refractivity contribution is 6.07. The van der Waals surface area contributed by atoms with E-state index in [1.165, 1.54) is 6.07 Å².